The molecule has 2 aromatic rings. The van der Waals surface area contributed by atoms with Gasteiger partial charge >= 0.3 is 0 Å². The van der Waals surface area contributed by atoms with Crippen molar-refractivity contribution in [2.45, 2.75) is 40.7 Å². The lowest BCUT2D eigenvalue weighted by Crippen LogP contribution is -2.27. The van der Waals surface area contributed by atoms with Crippen molar-refractivity contribution < 1.29 is 4.79 Å². The van der Waals surface area contributed by atoms with E-state index in [1.54, 1.807) is 18.3 Å². The summed E-state index contributed by atoms with van der Waals surface area (Å²) in [6, 6.07) is 3.87. The highest BCUT2D eigenvalue weighted by Gasteiger charge is 2.27. The van der Waals surface area contributed by atoms with E-state index < -0.39 is 0 Å². The van der Waals surface area contributed by atoms with Crippen LogP contribution in [-0.4, -0.2) is 44.8 Å². The molecule has 0 bridgehead atoms. The van der Waals surface area contributed by atoms with Crippen LogP contribution in [0.15, 0.2) is 29.0 Å². The number of carbonyl (C=O) groups excluding carboxylic acids is 1. The third kappa shape index (κ3) is 3.55. The number of nitrogens with one attached hydrogen (secondary N) is 2. The van der Waals surface area contributed by atoms with E-state index in [9.17, 15) is 4.79 Å². The molecule has 7 heteroatoms. The lowest BCUT2D eigenvalue weighted by molar-refractivity contribution is -0.116. The molecule has 7 nitrogen and oxygen atoms in total. The Morgan fingerprint density at radius 2 is 2.00 bits per heavy atom. The van der Waals surface area contributed by atoms with Crippen LogP contribution in [0.3, 0.4) is 0 Å². The summed E-state index contributed by atoms with van der Waals surface area (Å²) >= 11 is 0. The highest BCUT2D eigenvalue weighted by atomic mass is 16.2. The van der Waals surface area contributed by atoms with Gasteiger partial charge in [-0.2, -0.15) is 10.2 Å². The molecule has 0 aliphatic carbocycles. The molecule has 1 aliphatic rings. The Morgan fingerprint density at radius 1 is 1.26 bits per heavy atom. The minimum absolute atomic E-state index is 0.236. The molecule has 0 saturated heterocycles. The van der Waals surface area contributed by atoms with Crippen LogP contribution in [-0.2, 0) is 4.79 Å². The highest BCUT2D eigenvalue weighted by molar-refractivity contribution is 6.32. The Kier molecular flexibility index (Phi) is 5.51. The average molecular weight is 366 g/mol. The van der Waals surface area contributed by atoms with Gasteiger partial charge < -0.3 is 4.98 Å². The van der Waals surface area contributed by atoms with Gasteiger partial charge in [0.25, 0.3) is 5.91 Å². The van der Waals surface area contributed by atoms with Crippen molar-refractivity contribution in [1.82, 2.24) is 25.5 Å². The zero-order valence-electron chi connectivity index (χ0n) is 16.5. The number of hydrazone groups is 1. The molecule has 1 aliphatic heterocycles. The van der Waals surface area contributed by atoms with E-state index in [-0.39, 0.29) is 5.91 Å². The topological polar surface area (TPSA) is 86.3 Å². The van der Waals surface area contributed by atoms with Crippen molar-refractivity contribution >= 4 is 17.7 Å². The Morgan fingerprint density at radius 3 is 2.63 bits per heavy atom. The van der Waals surface area contributed by atoms with Gasteiger partial charge in [0.05, 0.1) is 5.57 Å². The van der Waals surface area contributed by atoms with Gasteiger partial charge in [-0.25, -0.2) is 5.43 Å². The van der Waals surface area contributed by atoms with Crippen LogP contribution >= 0.6 is 0 Å². The van der Waals surface area contributed by atoms with Crippen LogP contribution in [0, 0.1) is 13.8 Å². The summed E-state index contributed by atoms with van der Waals surface area (Å²) in [5.74, 6) is -0.236. The van der Waals surface area contributed by atoms with Crippen LogP contribution in [0.25, 0.3) is 6.08 Å². The zero-order valence-corrected chi connectivity index (χ0v) is 16.5. The molecule has 0 spiro atoms. The van der Waals surface area contributed by atoms with Gasteiger partial charge in [0.1, 0.15) is 11.4 Å². The van der Waals surface area contributed by atoms with Crippen molar-refractivity contribution in [2.75, 3.05) is 13.1 Å². The monoisotopic (exact) mass is 366 g/mol. The summed E-state index contributed by atoms with van der Waals surface area (Å²) in [5, 5.41) is 12.1. The van der Waals surface area contributed by atoms with Gasteiger partial charge in [0, 0.05) is 23.6 Å². The summed E-state index contributed by atoms with van der Waals surface area (Å²) in [7, 11) is 0. The molecule has 0 saturated carbocycles. The molecule has 0 radical (unpaired) electrons. The van der Waals surface area contributed by atoms with Gasteiger partial charge in [-0.15, -0.1) is 5.10 Å². The van der Waals surface area contributed by atoms with Crippen LogP contribution in [0.4, 0.5) is 0 Å². The van der Waals surface area contributed by atoms with Crippen LogP contribution in [0.2, 0.25) is 0 Å². The second-order valence-electron chi connectivity index (χ2n) is 6.67. The summed E-state index contributed by atoms with van der Waals surface area (Å²) in [6.07, 6.45) is 3.45. The van der Waals surface area contributed by atoms with E-state index in [1.165, 1.54) is 5.56 Å². The smallest absolute Gasteiger partial charge is 0.273 e. The average Bonchev–Trinajstić information content (AvgIpc) is 3.16. The van der Waals surface area contributed by atoms with Gasteiger partial charge in [-0.1, -0.05) is 13.8 Å². The predicted octanol–water partition coefficient (Wildman–Crippen LogP) is 2.74. The first-order chi connectivity index (χ1) is 13.0. The maximum Gasteiger partial charge on any atom is 0.273 e. The van der Waals surface area contributed by atoms with Gasteiger partial charge in [0.2, 0.25) is 0 Å². The highest BCUT2D eigenvalue weighted by Crippen LogP contribution is 2.30. The number of carbonyl (C=O) groups is 1. The van der Waals surface area contributed by atoms with Crippen LogP contribution in [0.1, 0.15) is 55.0 Å². The number of aromatic amines is 1. The van der Waals surface area contributed by atoms with E-state index in [4.69, 9.17) is 0 Å². The van der Waals surface area contributed by atoms with Crippen molar-refractivity contribution in [1.29, 1.82) is 0 Å². The SMILES string of the molecule is CCN(CC)C(C)c1c(C)[nH]c(/C=C2/C(=O)NN=C2c2cccnn2)c1C. The summed E-state index contributed by atoms with van der Waals surface area (Å²) in [4.78, 5) is 18.2. The molecule has 0 fully saturated rings. The quantitative estimate of drug-likeness (QED) is 0.770. The van der Waals surface area contributed by atoms with E-state index in [0.29, 0.717) is 23.0 Å². The van der Waals surface area contributed by atoms with E-state index >= 15 is 0 Å². The van der Waals surface area contributed by atoms with Crippen molar-refractivity contribution in [3.63, 3.8) is 0 Å². The van der Waals surface area contributed by atoms with E-state index in [2.05, 4.69) is 65.2 Å². The van der Waals surface area contributed by atoms with E-state index in [0.717, 1.165) is 30.0 Å². The van der Waals surface area contributed by atoms with Gasteiger partial charge in [-0.3, -0.25) is 9.69 Å². The first kappa shape index (κ1) is 19.0. The Labute approximate surface area is 159 Å². The van der Waals surface area contributed by atoms with Gasteiger partial charge in [-0.05, 0) is 63.2 Å². The number of H-pyrrole nitrogens is 1. The molecule has 27 heavy (non-hydrogen) atoms. The van der Waals surface area contributed by atoms with Crippen molar-refractivity contribution in [2.24, 2.45) is 5.10 Å². The van der Waals surface area contributed by atoms with Crippen molar-refractivity contribution in [3.8, 4) is 0 Å². The number of aryl methyl sites for hydroxylation is 1. The summed E-state index contributed by atoms with van der Waals surface area (Å²) in [6.45, 7) is 12.7. The molecule has 3 heterocycles. The summed E-state index contributed by atoms with van der Waals surface area (Å²) < 4.78 is 0. The third-order valence-electron chi connectivity index (χ3n) is 5.18. The second kappa shape index (κ2) is 7.84. The second-order valence-corrected chi connectivity index (χ2v) is 6.67. The van der Waals surface area contributed by atoms with Gasteiger partial charge in [0.15, 0.2) is 0 Å². The fourth-order valence-electron chi connectivity index (χ4n) is 3.75. The van der Waals surface area contributed by atoms with E-state index in [1.807, 2.05) is 6.08 Å². The first-order valence-corrected chi connectivity index (χ1v) is 9.29. The maximum absolute atomic E-state index is 12.3. The van der Waals surface area contributed by atoms with Crippen LogP contribution in [0.5, 0.6) is 0 Å². The molecular formula is C20H26N6O. The lowest BCUT2D eigenvalue weighted by Gasteiger charge is -2.27. The first-order valence-electron chi connectivity index (χ1n) is 9.29. The predicted molar refractivity (Wildman–Crippen MR) is 106 cm³/mol. The fraction of sp³-hybridized carbons (Fsp3) is 0.400. The minimum atomic E-state index is -0.236. The molecule has 3 rings (SSSR count). The number of rotatable bonds is 6. The third-order valence-corrected chi connectivity index (χ3v) is 5.18. The standard InChI is InChI=1S/C20H26N6O/c1-6-26(7-2)14(5)18-12(3)17(22-13(18)4)11-15-19(24-25-20(15)27)16-9-8-10-21-23-16/h8-11,14,22H,6-7H2,1-5H3,(H,25,27)/b15-11+. The minimum Gasteiger partial charge on any atom is -0.359 e. The number of aromatic nitrogens is 3. The normalized spacial score (nSPS) is 16.7. The largest absolute Gasteiger partial charge is 0.359 e. The Balaban J connectivity index is 2.01. The molecule has 0 aromatic carbocycles. The zero-order chi connectivity index (χ0) is 19.6. The fourth-order valence-corrected chi connectivity index (χ4v) is 3.75. The molecule has 1 amide bonds. The molecule has 1 unspecified atom stereocenters. The number of nitrogens with zero attached hydrogens (tertiary/aromatic N) is 4. The number of amides is 1. The molecule has 1 atom stereocenters. The molecule has 142 valence electrons. The Hall–Kier alpha value is -2.80. The molecule has 2 aromatic heterocycles. The lowest BCUT2D eigenvalue weighted by atomic mass is 10.00. The van der Waals surface area contributed by atoms with Crippen LogP contribution < -0.4 is 5.43 Å². The number of hydrogen-bond donors (Lipinski definition) is 2. The summed E-state index contributed by atoms with van der Waals surface area (Å²) in [5.41, 5.74) is 8.57. The van der Waals surface area contributed by atoms with Crippen molar-refractivity contribution in [3.05, 3.63) is 52.1 Å². The molecular weight excluding hydrogens is 340 g/mol. The number of hydrogen-bond acceptors (Lipinski definition) is 5. The Bertz CT molecular complexity index is 893. The molecule has 2 N–H and O–H groups in total. The maximum atomic E-state index is 12.3.